The van der Waals surface area contributed by atoms with Crippen molar-refractivity contribution in [1.29, 1.82) is 0 Å². The van der Waals surface area contributed by atoms with Gasteiger partial charge in [0.15, 0.2) is 5.78 Å². The first-order valence-electron chi connectivity index (χ1n) is 10.3. The van der Waals surface area contributed by atoms with Crippen LogP contribution in [0.15, 0.2) is 11.6 Å². The van der Waals surface area contributed by atoms with Gasteiger partial charge in [0, 0.05) is 11.8 Å². The van der Waals surface area contributed by atoms with Gasteiger partial charge in [-0.05, 0) is 97.4 Å². The number of halogens is 1. The van der Waals surface area contributed by atoms with E-state index in [0.29, 0.717) is 16.6 Å². The summed E-state index contributed by atoms with van der Waals surface area (Å²) >= 11 is 3.71. The summed E-state index contributed by atoms with van der Waals surface area (Å²) in [6.45, 7) is 5.18. The maximum atomic E-state index is 12.1. The maximum absolute atomic E-state index is 12.1. The second-order valence-electron chi connectivity index (χ2n) is 10.1. The predicted octanol–water partition coefficient (Wildman–Crippen LogP) is 5.78. The van der Waals surface area contributed by atoms with Gasteiger partial charge < -0.3 is 0 Å². The van der Waals surface area contributed by atoms with Gasteiger partial charge in [0.25, 0.3) is 0 Å². The van der Waals surface area contributed by atoms with Crippen molar-refractivity contribution < 1.29 is 4.79 Å². The van der Waals surface area contributed by atoms with Crippen LogP contribution >= 0.6 is 15.9 Å². The molecule has 0 radical (unpaired) electrons. The number of carbonyl (C=O) groups excluding carboxylic acids is 1. The Balaban J connectivity index is 1.51. The van der Waals surface area contributed by atoms with E-state index in [1.165, 1.54) is 43.9 Å². The van der Waals surface area contributed by atoms with E-state index in [2.05, 4.69) is 35.9 Å². The Morgan fingerprint density at radius 3 is 2.79 bits per heavy atom. The van der Waals surface area contributed by atoms with Crippen molar-refractivity contribution in [2.75, 3.05) is 5.33 Å². The maximum Gasteiger partial charge on any atom is 0.155 e. The fraction of sp³-hybridized carbons (Fsp3) is 0.864. The quantitative estimate of drug-likeness (QED) is 0.546. The first kappa shape index (κ1) is 16.1. The molecule has 0 bridgehead atoms. The molecule has 2 heteroatoms. The molecule has 0 amide bonds. The predicted molar refractivity (Wildman–Crippen MR) is 101 cm³/mol. The summed E-state index contributed by atoms with van der Waals surface area (Å²) in [5.74, 6) is 5.84. The number of allylic oxidation sites excluding steroid dienone is 1. The molecule has 0 spiro atoms. The number of alkyl halides is 1. The molecule has 0 aromatic carbocycles. The van der Waals surface area contributed by atoms with E-state index in [0.717, 1.165) is 48.3 Å². The van der Waals surface area contributed by atoms with Crippen LogP contribution in [-0.2, 0) is 4.79 Å². The summed E-state index contributed by atoms with van der Waals surface area (Å²) in [6.07, 6.45) is 12.6. The summed E-state index contributed by atoms with van der Waals surface area (Å²) in [7, 11) is 0. The summed E-state index contributed by atoms with van der Waals surface area (Å²) in [4.78, 5) is 12.1. The molecule has 5 aliphatic rings. The molecule has 132 valence electrons. The lowest BCUT2D eigenvalue weighted by Gasteiger charge is -2.58. The lowest BCUT2D eigenvalue weighted by atomic mass is 9.47. The Morgan fingerprint density at radius 1 is 1.17 bits per heavy atom. The van der Waals surface area contributed by atoms with Crippen LogP contribution in [0.25, 0.3) is 0 Å². The van der Waals surface area contributed by atoms with Crippen LogP contribution in [0.2, 0.25) is 0 Å². The van der Waals surface area contributed by atoms with Crippen molar-refractivity contribution >= 4 is 21.7 Å². The Kier molecular flexibility index (Phi) is 3.49. The summed E-state index contributed by atoms with van der Waals surface area (Å²) in [5, 5.41) is 1.17. The molecule has 4 saturated carbocycles. The molecule has 0 N–H and O–H groups in total. The zero-order valence-electron chi connectivity index (χ0n) is 15.2. The van der Waals surface area contributed by atoms with Gasteiger partial charge in [-0.25, -0.2) is 0 Å². The van der Waals surface area contributed by atoms with Crippen molar-refractivity contribution in [2.24, 2.45) is 46.3 Å². The minimum absolute atomic E-state index is 0.352. The molecule has 5 aliphatic carbocycles. The summed E-state index contributed by atoms with van der Waals surface area (Å²) in [5.41, 5.74) is 2.54. The number of carbonyl (C=O) groups is 1. The van der Waals surface area contributed by atoms with E-state index in [-0.39, 0.29) is 0 Å². The topological polar surface area (TPSA) is 17.1 Å². The number of ketones is 1. The lowest BCUT2D eigenvalue weighted by molar-refractivity contribution is -0.117. The zero-order valence-corrected chi connectivity index (χ0v) is 16.8. The standard InChI is InChI=1S/C22H31BrO/c1-21-9-6-18-20(17(21)4-3-13(21)7-10-23)16-12-15(16)19-11-14(24)5-8-22(18,19)2/h11,13,15-18,20H,3-10,12H2,1-2H3/t13?,15-,16+,17?,18?,20?,21+,22+/m0/s1. The third kappa shape index (κ3) is 1.96. The van der Waals surface area contributed by atoms with Gasteiger partial charge in [-0.3, -0.25) is 4.79 Å². The van der Waals surface area contributed by atoms with Gasteiger partial charge in [-0.1, -0.05) is 35.4 Å². The van der Waals surface area contributed by atoms with Crippen molar-refractivity contribution in [3.05, 3.63) is 11.6 Å². The van der Waals surface area contributed by atoms with Crippen LogP contribution in [0.4, 0.5) is 0 Å². The molecule has 0 aromatic heterocycles. The van der Waals surface area contributed by atoms with Gasteiger partial charge in [0.1, 0.15) is 0 Å². The Bertz CT molecular complexity index is 609. The monoisotopic (exact) mass is 390 g/mol. The molecular formula is C22H31BrO. The lowest BCUT2D eigenvalue weighted by Crippen LogP contribution is -2.51. The summed E-state index contributed by atoms with van der Waals surface area (Å²) in [6, 6.07) is 0. The van der Waals surface area contributed by atoms with Crippen LogP contribution in [0, 0.1) is 46.3 Å². The fourth-order valence-corrected chi connectivity index (χ4v) is 8.67. The van der Waals surface area contributed by atoms with Crippen molar-refractivity contribution in [2.45, 2.75) is 65.2 Å². The fourth-order valence-electron chi connectivity index (χ4n) is 8.12. The first-order chi connectivity index (χ1) is 11.5. The molecule has 1 nitrogen and oxygen atoms in total. The number of rotatable bonds is 2. The van der Waals surface area contributed by atoms with Gasteiger partial charge in [0.05, 0.1) is 0 Å². The third-order valence-electron chi connectivity index (χ3n) is 9.41. The minimum atomic E-state index is 0.352. The number of hydrogen-bond donors (Lipinski definition) is 0. The Labute approximate surface area is 155 Å². The highest BCUT2D eigenvalue weighted by Gasteiger charge is 2.67. The van der Waals surface area contributed by atoms with Gasteiger partial charge in [-0.15, -0.1) is 0 Å². The van der Waals surface area contributed by atoms with E-state index < -0.39 is 0 Å². The first-order valence-corrected chi connectivity index (χ1v) is 11.4. The molecule has 5 rings (SSSR count). The average molecular weight is 391 g/mol. The highest BCUT2D eigenvalue weighted by atomic mass is 79.9. The molecule has 4 fully saturated rings. The number of fused-ring (bicyclic) bond motifs is 8. The van der Waals surface area contributed by atoms with Crippen LogP contribution in [0.3, 0.4) is 0 Å². The normalized spacial score (nSPS) is 55.1. The van der Waals surface area contributed by atoms with Crippen LogP contribution in [0.1, 0.15) is 65.2 Å². The SMILES string of the molecule is C[C@]12CCC3C(C1CCC2CCBr)[C@@H]1C[C@@H]1C1=CC(=O)CC[C@@]13C. The largest absolute Gasteiger partial charge is 0.295 e. The van der Waals surface area contributed by atoms with Gasteiger partial charge >= 0.3 is 0 Å². The molecule has 24 heavy (non-hydrogen) atoms. The molecular weight excluding hydrogens is 360 g/mol. The highest BCUT2D eigenvalue weighted by molar-refractivity contribution is 9.09. The molecule has 0 aromatic rings. The van der Waals surface area contributed by atoms with Crippen LogP contribution in [0.5, 0.6) is 0 Å². The molecule has 0 heterocycles. The second kappa shape index (κ2) is 5.21. The van der Waals surface area contributed by atoms with Crippen molar-refractivity contribution in [3.8, 4) is 0 Å². The third-order valence-corrected chi connectivity index (χ3v) is 9.86. The second-order valence-corrected chi connectivity index (χ2v) is 10.9. The van der Waals surface area contributed by atoms with E-state index in [4.69, 9.17) is 0 Å². The van der Waals surface area contributed by atoms with Gasteiger partial charge in [0.2, 0.25) is 0 Å². The minimum Gasteiger partial charge on any atom is -0.295 e. The zero-order chi connectivity index (χ0) is 16.7. The highest BCUT2D eigenvalue weighted by Crippen LogP contribution is 2.74. The van der Waals surface area contributed by atoms with E-state index in [1.54, 1.807) is 5.57 Å². The van der Waals surface area contributed by atoms with E-state index in [1.807, 2.05) is 0 Å². The molecule has 8 atom stereocenters. The Hall–Kier alpha value is -0.110. The van der Waals surface area contributed by atoms with Crippen molar-refractivity contribution in [3.63, 3.8) is 0 Å². The van der Waals surface area contributed by atoms with Crippen LogP contribution in [-0.4, -0.2) is 11.1 Å². The smallest absolute Gasteiger partial charge is 0.155 e. The number of hydrogen-bond acceptors (Lipinski definition) is 1. The molecule has 0 saturated heterocycles. The van der Waals surface area contributed by atoms with E-state index >= 15 is 0 Å². The molecule has 4 unspecified atom stereocenters. The molecule has 0 aliphatic heterocycles. The summed E-state index contributed by atoms with van der Waals surface area (Å²) < 4.78 is 0. The van der Waals surface area contributed by atoms with Gasteiger partial charge in [-0.2, -0.15) is 0 Å². The van der Waals surface area contributed by atoms with Crippen molar-refractivity contribution in [1.82, 2.24) is 0 Å². The average Bonchev–Trinajstić information content (AvgIpc) is 3.27. The van der Waals surface area contributed by atoms with Crippen LogP contribution < -0.4 is 0 Å². The van der Waals surface area contributed by atoms with E-state index in [9.17, 15) is 4.79 Å². The Morgan fingerprint density at radius 2 is 2.00 bits per heavy atom.